The molecule has 7 nitrogen and oxygen atoms in total. The van der Waals surface area contributed by atoms with Crippen molar-refractivity contribution in [3.8, 4) is 11.5 Å². The van der Waals surface area contributed by atoms with Crippen molar-refractivity contribution in [2.75, 3.05) is 0 Å². The lowest BCUT2D eigenvalue weighted by molar-refractivity contribution is -0.116. The van der Waals surface area contributed by atoms with E-state index >= 15 is 0 Å². The number of rotatable bonds is 5. The van der Waals surface area contributed by atoms with E-state index in [1.165, 1.54) is 6.08 Å². The van der Waals surface area contributed by atoms with Gasteiger partial charge in [0.25, 0.3) is 0 Å². The van der Waals surface area contributed by atoms with Gasteiger partial charge in [-0.2, -0.15) is 4.98 Å². The Kier molecular flexibility index (Phi) is 4.51. The van der Waals surface area contributed by atoms with Crippen LogP contribution in [0.3, 0.4) is 0 Å². The molecule has 0 atom stereocenters. The monoisotopic (exact) mass is 324 g/mol. The van der Waals surface area contributed by atoms with Crippen LogP contribution in [0.1, 0.15) is 22.8 Å². The number of aromatic nitrogens is 3. The van der Waals surface area contributed by atoms with Crippen LogP contribution in [0, 0.1) is 13.8 Å². The van der Waals surface area contributed by atoms with E-state index < -0.39 is 0 Å². The van der Waals surface area contributed by atoms with E-state index in [4.69, 9.17) is 9.05 Å². The molecule has 0 radical (unpaired) electrons. The van der Waals surface area contributed by atoms with E-state index in [0.717, 1.165) is 11.1 Å². The molecule has 122 valence electrons. The predicted octanol–water partition coefficient (Wildman–Crippen LogP) is 2.67. The predicted molar refractivity (Wildman–Crippen MR) is 86.6 cm³/mol. The smallest absolute Gasteiger partial charge is 0.246 e. The van der Waals surface area contributed by atoms with Gasteiger partial charge in [-0.05, 0) is 31.1 Å². The molecule has 0 bridgehead atoms. The van der Waals surface area contributed by atoms with Crippen LogP contribution in [0.4, 0.5) is 0 Å². The first-order valence-corrected chi connectivity index (χ1v) is 7.39. The fourth-order valence-corrected chi connectivity index (χ4v) is 2.06. The highest BCUT2D eigenvalue weighted by Crippen LogP contribution is 2.15. The molecular weight excluding hydrogens is 308 g/mol. The number of aryl methyl sites for hydroxylation is 2. The highest BCUT2D eigenvalue weighted by atomic mass is 16.5. The maximum Gasteiger partial charge on any atom is 0.246 e. The summed E-state index contributed by atoms with van der Waals surface area (Å²) in [5.41, 5.74) is 2.59. The molecule has 0 saturated carbocycles. The molecule has 24 heavy (non-hydrogen) atoms. The van der Waals surface area contributed by atoms with Gasteiger partial charge in [0.2, 0.25) is 17.6 Å². The lowest BCUT2D eigenvalue weighted by Gasteiger charge is -1.99. The fourth-order valence-electron chi connectivity index (χ4n) is 2.06. The van der Waals surface area contributed by atoms with Gasteiger partial charge >= 0.3 is 0 Å². The van der Waals surface area contributed by atoms with Crippen molar-refractivity contribution < 1.29 is 13.8 Å². The summed E-state index contributed by atoms with van der Waals surface area (Å²) >= 11 is 0. The van der Waals surface area contributed by atoms with E-state index in [0.29, 0.717) is 23.2 Å². The second-order valence-corrected chi connectivity index (χ2v) is 5.24. The quantitative estimate of drug-likeness (QED) is 0.725. The van der Waals surface area contributed by atoms with Gasteiger partial charge in [-0.15, -0.1) is 0 Å². The van der Waals surface area contributed by atoms with Crippen LogP contribution < -0.4 is 5.32 Å². The molecule has 7 heteroatoms. The third kappa shape index (κ3) is 3.75. The van der Waals surface area contributed by atoms with Crippen LogP contribution >= 0.6 is 0 Å². The van der Waals surface area contributed by atoms with Crippen molar-refractivity contribution in [1.29, 1.82) is 0 Å². The average molecular weight is 324 g/mol. The SMILES string of the molecule is Cc1cc(-c2noc(CNC(=O)C=Cc3ccccc3C)n2)no1. The maximum absolute atomic E-state index is 11.9. The Bertz CT molecular complexity index is 879. The summed E-state index contributed by atoms with van der Waals surface area (Å²) in [5, 5.41) is 10.3. The van der Waals surface area contributed by atoms with Crippen LogP contribution in [-0.4, -0.2) is 21.2 Å². The van der Waals surface area contributed by atoms with Crippen molar-refractivity contribution in [2.24, 2.45) is 0 Å². The normalized spacial score (nSPS) is 11.1. The van der Waals surface area contributed by atoms with E-state index in [1.54, 1.807) is 19.1 Å². The Morgan fingerprint density at radius 1 is 1.21 bits per heavy atom. The van der Waals surface area contributed by atoms with Crippen LogP contribution in [-0.2, 0) is 11.3 Å². The molecule has 1 aromatic carbocycles. The molecule has 1 amide bonds. The van der Waals surface area contributed by atoms with E-state index in [-0.39, 0.29) is 12.5 Å². The first kappa shape index (κ1) is 15.7. The molecule has 0 unspecified atom stereocenters. The minimum absolute atomic E-state index is 0.140. The van der Waals surface area contributed by atoms with Gasteiger partial charge in [0.05, 0.1) is 6.54 Å². The Morgan fingerprint density at radius 2 is 2.04 bits per heavy atom. The maximum atomic E-state index is 11.9. The molecule has 3 rings (SSSR count). The van der Waals surface area contributed by atoms with Crippen molar-refractivity contribution in [3.63, 3.8) is 0 Å². The van der Waals surface area contributed by atoms with Gasteiger partial charge < -0.3 is 14.4 Å². The average Bonchev–Trinajstić information content (AvgIpc) is 3.21. The molecule has 0 fully saturated rings. The number of amides is 1. The van der Waals surface area contributed by atoms with Crippen LogP contribution in [0.5, 0.6) is 0 Å². The Hall–Kier alpha value is -3.22. The summed E-state index contributed by atoms with van der Waals surface area (Å²) in [6.45, 7) is 3.91. The molecule has 0 saturated heterocycles. The lowest BCUT2D eigenvalue weighted by atomic mass is 10.1. The Morgan fingerprint density at radius 3 is 2.79 bits per heavy atom. The standard InChI is InChI=1S/C17H16N4O3/c1-11-5-3-4-6-13(11)7-8-15(22)18-10-16-19-17(21-24-16)14-9-12(2)23-20-14/h3-9H,10H2,1-2H3,(H,18,22). The molecular formula is C17H16N4O3. The Labute approximate surface area is 138 Å². The number of carbonyl (C=O) groups is 1. The van der Waals surface area contributed by atoms with Crippen molar-refractivity contribution >= 4 is 12.0 Å². The zero-order valence-corrected chi connectivity index (χ0v) is 13.3. The molecule has 3 aromatic rings. The molecule has 0 aliphatic rings. The van der Waals surface area contributed by atoms with Gasteiger partial charge in [-0.3, -0.25) is 4.79 Å². The molecule has 1 N–H and O–H groups in total. The van der Waals surface area contributed by atoms with Crippen LogP contribution in [0.25, 0.3) is 17.6 Å². The van der Waals surface area contributed by atoms with Gasteiger partial charge in [-0.1, -0.05) is 34.6 Å². The summed E-state index contributed by atoms with van der Waals surface area (Å²) < 4.78 is 10.0. The third-order valence-corrected chi connectivity index (χ3v) is 3.34. The van der Waals surface area contributed by atoms with Crippen LogP contribution in [0.2, 0.25) is 0 Å². The van der Waals surface area contributed by atoms with Gasteiger partial charge in [-0.25, -0.2) is 0 Å². The number of hydrogen-bond donors (Lipinski definition) is 1. The fraction of sp³-hybridized carbons (Fsp3) is 0.176. The first-order valence-electron chi connectivity index (χ1n) is 7.39. The zero-order valence-electron chi connectivity index (χ0n) is 13.3. The third-order valence-electron chi connectivity index (χ3n) is 3.34. The Balaban J connectivity index is 1.57. The topological polar surface area (TPSA) is 94.1 Å². The van der Waals surface area contributed by atoms with Crippen molar-refractivity contribution in [1.82, 2.24) is 20.6 Å². The summed E-state index contributed by atoms with van der Waals surface area (Å²) in [6.07, 6.45) is 3.24. The molecule has 2 aromatic heterocycles. The van der Waals surface area contributed by atoms with Crippen molar-refractivity contribution in [3.05, 3.63) is 59.2 Å². The highest BCUT2D eigenvalue weighted by molar-refractivity contribution is 5.91. The van der Waals surface area contributed by atoms with Crippen molar-refractivity contribution in [2.45, 2.75) is 20.4 Å². The number of carbonyl (C=O) groups excluding carboxylic acids is 1. The summed E-state index contributed by atoms with van der Waals surface area (Å²) in [4.78, 5) is 16.0. The lowest BCUT2D eigenvalue weighted by Crippen LogP contribution is -2.20. The number of hydrogen-bond acceptors (Lipinski definition) is 6. The number of benzene rings is 1. The van der Waals surface area contributed by atoms with E-state index in [2.05, 4.69) is 20.6 Å². The van der Waals surface area contributed by atoms with Gasteiger partial charge in [0.15, 0.2) is 5.69 Å². The van der Waals surface area contributed by atoms with Gasteiger partial charge in [0.1, 0.15) is 5.76 Å². The minimum Gasteiger partial charge on any atom is -0.361 e. The first-order chi connectivity index (χ1) is 11.6. The number of nitrogens with one attached hydrogen (secondary N) is 1. The highest BCUT2D eigenvalue weighted by Gasteiger charge is 2.12. The molecule has 0 aliphatic carbocycles. The van der Waals surface area contributed by atoms with Gasteiger partial charge in [0, 0.05) is 12.1 Å². The molecule has 0 aliphatic heterocycles. The van der Waals surface area contributed by atoms with E-state index in [9.17, 15) is 4.79 Å². The summed E-state index contributed by atoms with van der Waals surface area (Å²) in [7, 11) is 0. The molecule has 2 heterocycles. The largest absolute Gasteiger partial charge is 0.361 e. The number of nitrogens with zero attached hydrogens (tertiary/aromatic N) is 3. The van der Waals surface area contributed by atoms with E-state index in [1.807, 2.05) is 31.2 Å². The zero-order chi connectivity index (χ0) is 16.9. The molecule has 0 spiro atoms. The second-order valence-electron chi connectivity index (χ2n) is 5.24. The van der Waals surface area contributed by atoms with Crippen LogP contribution in [0.15, 0.2) is 45.5 Å². The second kappa shape index (κ2) is 6.91. The summed E-state index contributed by atoms with van der Waals surface area (Å²) in [6, 6.07) is 9.52. The minimum atomic E-state index is -0.240. The summed E-state index contributed by atoms with van der Waals surface area (Å²) in [5.74, 6) is 1.04.